The highest BCUT2D eigenvalue weighted by Crippen LogP contribution is 2.18. The molecule has 0 heterocycles. The van der Waals surface area contributed by atoms with E-state index in [1.807, 2.05) is 55.5 Å². The molecule has 10 nitrogen and oxygen atoms in total. The van der Waals surface area contributed by atoms with Gasteiger partial charge in [0.05, 0.1) is 13.0 Å². The zero-order chi connectivity index (χ0) is 27.9. The Morgan fingerprint density at radius 2 is 1.71 bits per heavy atom. The summed E-state index contributed by atoms with van der Waals surface area (Å²) in [6.45, 7) is 4.49. The predicted molar refractivity (Wildman–Crippen MR) is 143 cm³/mol. The van der Waals surface area contributed by atoms with Crippen LogP contribution in [0.2, 0.25) is 0 Å². The maximum Gasteiger partial charge on any atom is 0.305 e. The van der Waals surface area contributed by atoms with E-state index in [0.717, 1.165) is 29.5 Å². The summed E-state index contributed by atoms with van der Waals surface area (Å²) in [4.78, 5) is 48.8. The fourth-order valence-corrected chi connectivity index (χ4v) is 3.80. The minimum atomic E-state index is -1.30. The van der Waals surface area contributed by atoms with Gasteiger partial charge in [0.15, 0.2) is 0 Å². The summed E-state index contributed by atoms with van der Waals surface area (Å²) in [5.41, 5.74) is 8.34. The predicted octanol–water partition coefficient (Wildman–Crippen LogP) is 1.83. The minimum Gasteiger partial charge on any atom is -0.494 e. The first-order valence-electron chi connectivity index (χ1n) is 12.7. The number of carbonyl (C=O) groups is 4. The van der Waals surface area contributed by atoms with Crippen molar-refractivity contribution < 1.29 is 29.0 Å². The van der Waals surface area contributed by atoms with Crippen molar-refractivity contribution in [1.82, 2.24) is 16.0 Å². The number of unbranched alkanes of at least 4 members (excludes halogenated alkanes) is 1. The average Bonchev–Trinajstić information content (AvgIpc) is 2.88. The van der Waals surface area contributed by atoms with Crippen LogP contribution in [-0.4, -0.2) is 54.0 Å². The fraction of sp³-hybridized carbons (Fsp3) is 0.429. The van der Waals surface area contributed by atoms with E-state index in [2.05, 4.69) is 16.0 Å². The van der Waals surface area contributed by atoms with E-state index in [0.29, 0.717) is 25.3 Å². The van der Waals surface area contributed by atoms with Crippen molar-refractivity contribution in [3.63, 3.8) is 0 Å². The zero-order valence-corrected chi connectivity index (χ0v) is 22.0. The molecule has 2 aromatic carbocycles. The van der Waals surface area contributed by atoms with Crippen LogP contribution in [0.25, 0.3) is 0 Å². The molecular weight excluding hydrogens is 488 g/mol. The summed E-state index contributed by atoms with van der Waals surface area (Å²) in [6, 6.07) is 12.9. The van der Waals surface area contributed by atoms with Crippen LogP contribution >= 0.6 is 0 Å². The maximum atomic E-state index is 13.2. The van der Waals surface area contributed by atoms with Gasteiger partial charge in [-0.15, -0.1) is 0 Å². The van der Waals surface area contributed by atoms with E-state index in [9.17, 15) is 19.2 Å². The molecule has 2 rings (SSSR count). The summed E-state index contributed by atoms with van der Waals surface area (Å²) < 4.78 is 5.78. The monoisotopic (exact) mass is 526 g/mol. The Morgan fingerprint density at radius 1 is 0.974 bits per heavy atom. The molecule has 2 aromatic rings. The van der Waals surface area contributed by atoms with Gasteiger partial charge in [0.25, 0.3) is 0 Å². The van der Waals surface area contributed by atoms with Gasteiger partial charge < -0.3 is 31.5 Å². The van der Waals surface area contributed by atoms with Crippen LogP contribution in [0.1, 0.15) is 49.3 Å². The average molecular weight is 527 g/mol. The van der Waals surface area contributed by atoms with E-state index in [1.54, 1.807) is 0 Å². The number of benzene rings is 2. The molecule has 3 amide bonds. The first-order chi connectivity index (χ1) is 18.2. The molecule has 0 aliphatic carbocycles. The number of aryl methyl sites for hydroxylation is 2. The third-order valence-corrected chi connectivity index (χ3v) is 5.91. The summed E-state index contributed by atoms with van der Waals surface area (Å²) in [6.07, 6.45) is 1.91. The normalized spacial score (nSPS) is 12.2. The number of nitrogens with two attached hydrogens (primary N) is 1. The second-order valence-electron chi connectivity index (χ2n) is 9.09. The van der Waals surface area contributed by atoms with Gasteiger partial charge in [-0.2, -0.15) is 0 Å². The molecule has 0 aliphatic rings. The molecule has 0 radical (unpaired) electrons. The second kappa shape index (κ2) is 16.0. The molecule has 0 aliphatic heterocycles. The topological polar surface area (TPSA) is 160 Å². The SMILES string of the molecule is CC(=O)N[C@@H](CC(=O)O)C(=O)N[C@@H](CCc1ccccc1)C(=O)NCc1cc(OCCCCN)ccc1C. The van der Waals surface area contributed by atoms with Gasteiger partial charge in [0.2, 0.25) is 17.7 Å². The number of hydrogen-bond donors (Lipinski definition) is 5. The van der Waals surface area contributed by atoms with E-state index >= 15 is 0 Å². The van der Waals surface area contributed by atoms with Crippen LogP contribution < -0.4 is 26.4 Å². The number of rotatable bonds is 16. The van der Waals surface area contributed by atoms with Gasteiger partial charge in [-0.1, -0.05) is 36.4 Å². The molecule has 0 spiro atoms. The molecule has 2 atom stereocenters. The molecule has 0 saturated carbocycles. The molecule has 206 valence electrons. The van der Waals surface area contributed by atoms with Crippen LogP contribution in [0, 0.1) is 6.92 Å². The number of amides is 3. The van der Waals surface area contributed by atoms with Crippen LogP contribution in [0.15, 0.2) is 48.5 Å². The van der Waals surface area contributed by atoms with Gasteiger partial charge >= 0.3 is 5.97 Å². The number of ether oxygens (including phenoxy) is 1. The Labute approximate surface area is 223 Å². The Hall–Kier alpha value is -3.92. The Balaban J connectivity index is 2.11. The van der Waals surface area contributed by atoms with Crippen molar-refractivity contribution in [2.45, 2.75) is 64.6 Å². The smallest absolute Gasteiger partial charge is 0.305 e. The standard InChI is InChI=1S/C28H38N4O6/c1-19-10-12-23(38-15-7-6-14-29)16-22(19)18-30-27(36)24(13-11-21-8-4-3-5-9-21)32-28(37)25(17-26(34)35)31-20(2)33/h3-5,8-10,12,16,24-25H,6-7,11,13-15,17-18,29H2,1-2H3,(H,30,36)(H,31,33)(H,32,37)(H,34,35)/t24-,25-/m0/s1. The Morgan fingerprint density at radius 3 is 2.37 bits per heavy atom. The highest BCUT2D eigenvalue weighted by atomic mass is 16.5. The first kappa shape index (κ1) is 30.3. The van der Waals surface area contributed by atoms with Crippen molar-refractivity contribution in [3.05, 3.63) is 65.2 Å². The van der Waals surface area contributed by atoms with Crippen molar-refractivity contribution >= 4 is 23.7 Å². The Bertz CT molecular complexity index is 1060. The van der Waals surface area contributed by atoms with E-state index < -0.39 is 42.2 Å². The Kier molecular flexibility index (Phi) is 12.8. The summed E-state index contributed by atoms with van der Waals surface area (Å²) in [5, 5.41) is 17.0. The summed E-state index contributed by atoms with van der Waals surface area (Å²) >= 11 is 0. The number of carboxylic acids is 1. The van der Waals surface area contributed by atoms with Gasteiger partial charge in [-0.05, 0) is 68.0 Å². The van der Waals surface area contributed by atoms with Gasteiger partial charge in [-0.25, -0.2) is 0 Å². The van der Waals surface area contributed by atoms with Crippen molar-refractivity contribution in [2.75, 3.05) is 13.2 Å². The number of carbonyl (C=O) groups excluding carboxylic acids is 3. The molecule has 0 unspecified atom stereocenters. The minimum absolute atomic E-state index is 0.215. The zero-order valence-electron chi connectivity index (χ0n) is 22.0. The molecule has 10 heteroatoms. The maximum absolute atomic E-state index is 13.2. The molecular formula is C28H38N4O6. The van der Waals surface area contributed by atoms with E-state index in [4.69, 9.17) is 15.6 Å². The highest BCUT2D eigenvalue weighted by Gasteiger charge is 2.27. The molecule has 0 saturated heterocycles. The number of hydrogen-bond acceptors (Lipinski definition) is 6. The third kappa shape index (κ3) is 11.0. The first-order valence-corrected chi connectivity index (χ1v) is 12.7. The number of carboxylic acid groups (broad SMARTS) is 1. The third-order valence-electron chi connectivity index (χ3n) is 5.91. The lowest BCUT2D eigenvalue weighted by molar-refractivity contribution is -0.140. The fourth-order valence-electron chi connectivity index (χ4n) is 3.80. The van der Waals surface area contributed by atoms with Crippen LogP contribution in [0.5, 0.6) is 5.75 Å². The van der Waals surface area contributed by atoms with Crippen LogP contribution in [-0.2, 0) is 32.1 Å². The van der Waals surface area contributed by atoms with Crippen molar-refractivity contribution in [3.8, 4) is 5.75 Å². The van der Waals surface area contributed by atoms with Crippen molar-refractivity contribution in [1.29, 1.82) is 0 Å². The van der Waals surface area contributed by atoms with Crippen LogP contribution in [0.4, 0.5) is 0 Å². The van der Waals surface area contributed by atoms with Crippen molar-refractivity contribution in [2.24, 2.45) is 5.73 Å². The molecule has 6 N–H and O–H groups in total. The van der Waals surface area contributed by atoms with Gasteiger partial charge in [0, 0.05) is 13.5 Å². The molecule has 0 bridgehead atoms. The van der Waals surface area contributed by atoms with Gasteiger partial charge in [0.1, 0.15) is 17.8 Å². The van der Waals surface area contributed by atoms with Gasteiger partial charge in [-0.3, -0.25) is 19.2 Å². The lowest BCUT2D eigenvalue weighted by Crippen LogP contribution is -2.54. The summed E-state index contributed by atoms with van der Waals surface area (Å²) in [5.74, 6) is -2.25. The second-order valence-corrected chi connectivity index (χ2v) is 9.09. The van der Waals surface area contributed by atoms with E-state index in [-0.39, 0.29) is 13.0 Å². The molecule has 0 fully saturated rings. The quantitative estimate of drug-likeness (QED) is 0.209. The lowest BCUT2D eigenvalue weighted by Gasteiger charge is -2.22. The lowest BCUT2D eigenvalue weighted by atomic mass is 10.0. The van der Waals surface area contributed by atoms with Crippen LogP contribution in [0.3, 0.4) is 0 Å². The largest absolute Gasteiger partial charge is 0.494 e. The van der Waals surface area contributed by atoms with E-state index in [1.165, 1.54) is 6.92 Å². The number of aliphatic carboxylic acids is 1. The summed E-state index contributed by atoms with van der Waals surface area (Å²) in [7, 11) is 0. The number of nitrogens with one attached hydrogen (secondary N) is 3. The molecule has 38 heavy (non-hydrogen) atoms. The molecule has 0 aromatic heterocycles. The highest BCUT2D eigenvalue weighted by molar-refractivity contribution is 5.93.